The minimum atomic E-state index is -1.05. The van der Waals surface area contributed by atoms with Crippen LogP contribution in [0.5, 0.6) is 0 Å². The van der Waals surface area contributed by atoms with E-state index in [2.05, 4.69) is 5.32 Å². The van der Waals surface area contributed by atoms with Gasteiger partial charge in [-0.15, -0.1) is 0 Å². The van der Waals surface area contributed by atoms with Crippen LogP contribution in [0.4, 0.5) is 10.5 Å². The number of carboxylic acid groups (broad SMARTS) is 1. The number of nitrogens with one attached hydrogen (secondary N) is 1. The molecule has 98 valence electrons. The molecule has 0 aliphatic carbocycles. The normalized spacial score (nSPS) is 9.94. The van der Waals surface area contributed by atoms with Gasteiger partial charge in [0.05, 0.1) is 0 Å². The first-order chi connectivity index (χ1) is 8.43. The van der Waals surface area contributed by atoms with Crippen LogP contribution in [0.3, 0.4) is 0 Å². The number of urea groups is 1. The maximum atomic E-state index is 11.9. The number of amides is 2. The van der Waals surface area contributed by atoms with Gasteiger partial charge in [-0.25, -0.2) is 4.79 Å². The fourth-order valence-corrected chi connectivity index (χ4v) is 1.59. The lowest BCUT2D eigenvalue weighted by molar-refractivity contribution is -0.137. The summed E-state index contributed by atoms with van der Waals surface area (Å²) in [6.07, 6.45) is 0. The summed E-state index contributed by atoms with van der Waals surface area (Å²) in [6.45, 7) is 3.53. The molecule has 0 aliphatic heterocycles. The molecule has 0 bridgehead atoms. The average molecular weight is 271 g/mol. The summed E-state index contributed by atoms with van der Waals surface area (Å²) in [7, 11) is 0. The molecule has 1 rings (SSSR count). The summed E-state index contributed by atoms with van der Waals surface area (Å²) in [5.41, 5.74) is 1.44. The summed E-state index contributed by atoms with van der Waals surface area (Å²) in [5.74, 6) is -1.05. The Labute approximate surface area is 110 Å². The number of rotatable bonds is 4. The Morgan fingerprint density at radius 1 is 1.44 bits per heavy atom. The van der Waals surface area contributed by atoms with Gasteiger partial charge in [0.2, 0.25) is 0 Å². The van der Waals surface area contributed by atoms with E-state index in [0.717, 1.165) is 5.56 Å². The zero-order valence-corrected chi connectivity index (χ0v) is 11.0. The number of hydrogen-bond donors (Lipinski definition) is 2. The number of halogens is 1. The number of likely N-dealkylation sites (N-methyl/N-ethyl adjacent to an activating group) is 1. The number of carbonyl (C=O) groups is 2. The summed E-state index contributed by atoms with van der Waals surface area (Å²) in [4.78, 5) is 23.7. The van der Waals surface area contributed by atoms with Crippen molar-refractivity contribution < 1.29 is 14.7 Å². The Bertz CT molecular complexity index is 463. The van der Waals surface area contributed by atoms with Gasteiger partial charge in [-0.1, -0.05) is 17.7 Å². The van der Waals surface area contributed by atoms with Gasteiger partial charge in [-0.05, 0) is 31.5 Å². The first kappa shape index (κ1) is 14.3. The first-order valence-electron chi connectivity index (χ1n) is 5.48. The van der Waals surface area contributed by atoms with Gasteiger partial charge in [-0.3, -0.25) is 4.79 Å². The molecule has 2 N–H and O–H groups in total. The fourth-order valence-electron chi connectivity index (χ4n) is 1.41. The average Bonchev–Trinajstić information content (AvgIpc) is 2.30. The van der Waals surface area contributed by atoms with Crippen molar-refractivity contribution in [3.8, 4) is 0 Å². The molecule has 0 atom stereocenters. The molecule has 0 fully saturated rings. The Hall–Kier alpha value is -1.75. The van der Waals surface area contributed by atoms with Crippen LogP contribution in [-0.4, -0.2) is 35.1 Å². The highest BCUT2D eigenvalue weighted by molar-refractivity contribution is 6.31. The van der Waals surface area contributed by atoms with Crippen LogP contribution in [0, 0.1) is 6.92 Å². The van der Waals surface area contributed by atoms with Crippen LogP contribution >= 0.6 is 11.6 Å². The van der Waals surface area contributed by atoms with Crippen molar-refractivity contribution in [3.05, 3.63) is 28.8 Å². The molecule has 0 saturated carbocycles. The standard InChI is InChI=1S/C12H15ClN2O3/c1-3-15(7-11(16)17)12(18)14-10-6-9(13)5-4-8(10)2/h4-6H,3,7H2,1-2H3,(H,14,18)(H,16,17). The fraction of sp³-hybridized carbons (Fsp3) is 0.333. The van der Waals surface area contributed by atoms with Crippen molar-refractivity contribution in [2.45, 2.75) is 13.8 Å². The van der Waals surface area contributed by atoms with Crippen molar-refractivity contribution in [2.75, 3.05) is 18.4 Å². The van der Waals surface area contributed by atoms with Gasteiger partial charge in [0, 0.05) is 17.3 Å². The Kier molecular flexibility index (Phi) is 4.97. The third kappa shape index (κ3) is 3.92. The quantitative estimate of drug-likeness (QED) is 0.883. The molecule has 0 aliphatic rings. The highest BCUT2D eigenvalue weighted by Crippen LogP contribution is 2.20. The van der Waals surface area contributed by atoms with Gasteiger partial charge in [0.15, 0.2) is 0 Å². The Balaban J connectivity index is 2.79. The summed E-state index contributed by atoms with van der Waals surface area (Å²) >= 11 is 5.84. The van der Waals surface area contributed by atoms with Crippen molar-refractivity contribution >= 4 is 29.3 Å². The monoisotopic (exact) mass is 270 g/mol. The topological polar surface area (TPSA) is 69.6 Å². The van der Waals surface area contributed by atoms with E-state index in [1.807, 2.05) is 6.92 Å². The Morgan fingerprint density at radius 3 is 2.67 bits per heavy atom. The van der Waals surface area contributed by atoms with Gasteiger partial charge < -0.3 is 15.3 Å². The minimum Gasteiger partial charge on any atom is -0.480 e. The summed E-state index contributed by atoms with van der Waals surface area (Å²) in [5, 5.41) is 11.8. The van der Waals surface area contributed by atoms with Crippen LogP contribution in [0.2, 0.25) is 5.02 Å². The number of anilines is 1. The van der Waals surface area contributed by atoms with Gasteiger partial charge in [-0.2, -0.15) is 0 Å². The lowest BCUT2D eigenvalue weighted by atomic mass is 10.2. The first-order valence-corrected chi connectivity index (χ1v) is 5.85. The SMILES string of the molecule is CCN(CC(=O)O)C(=O)Nc1cc(Cl)ccc1C. The predicted octanol–water partition coefficient (Wildman–Crippen LogP) is 2.59. The van der Waals surface area contributed by atoms with Gasteiger partial charge in [0.25, 0.3) is 0 Å². The molecule has 0 saturated heterocycles. The predicted molar refractivity (Wildman–Crippen MR) is 70.1 cm³/mol. The Morgan fingerprint density at radius 2 is 2.11 bits per heavy atom. The largest absolute Gasteiger partial charge is 0.480 e. The number of benzene rings is 1. The number of carboxylic acids is 1. The molecule has 0 heterocycles. The number of aliphatic carboxylic acids is 1. The van der Waals surface area contributed by atoms with Crippen molar-refractivity contribution in [1.29, 1.82) is 0 Å². The smallest absolute Gasteiger partial charge is 0.323 e. The lowest BCUT2D eigenvalue weighted by Gasteiger charge is -2.20. The van der Waals surface area contributed by atoms with E-state index >= 15 is 0 Å². The number of nitrogens with zero attached hydrogens (tertiary/aromatic N) is 1. The van der Waals surface area contributed by atoms with Gasteiger partial charge in [0.1, 0.15) is 6.54 Å². The van der Waals surface area contributed by atoms with Crippen LogP contribution in [0.15, 0.2) is 18.2 Å². The molecule has 0 unspecified atom stereocenters. The van der Waals surface area contributed by atoms with Crippen molar-refractivity contribution in [1.82, 2.24) is 4.90 Å². The molecule has 0 radical (unpaired) electrons. The van der Waals surface area contributed by atoms with E-state index in [4.69, 9.17) is 16.7 Å². The minimum absolute atomic E-state index is 0.317. The zero-order chi connectivity index (χ0) is 13.7. The molecule has 2 amide bonds. The van der Waals surface area contributed by atoms with E-state index < -0.39 is 12.0 Å². The third-order valence-corrected chi connectivity index (χ3v) is 2.67. The molecule has 5 nitrogen and oxygen atoms in total. The molecule has 1 aromatic rings. The molecule has 0 aromatic heterocycles. The molecular formula is C12H15ClN2O3. The number of carbonyl (C=O) groups excluding carboxylic acids is 1. The van der Waals surface area contributed by atoms with Crippen LogP contribution < -0.4 is 5.32 Å². The van der Waals surface area contributed by atoms with E-state index in [-0.39, 0.29) is 6.54 Å². The van der Waals surface area contributed by atoms with Gasteiger partial charge >= 0.3 is 12.0 Å². The second kappa shape index (κ2) is 6.26. The van der Waals surface area contributed by atoms with E-state index in [0.29, 0.717) is 17.3 Å². The highest BCUT2D eigenvalue weighted by Gasteiger charge is 2.15. The third-order valence-electron chi connectivity index (χ3n) is 2.44. The van der Waals surface area contributed by atoms with Crippen molar-refractivity contribution in [2.24, 2.45) is 0 Å². The summed E-state index contributed by atoms with van der Waals surface area (Å²) in [6, 6.07) is 4.68. The van der Waals surface area contributed by atoms with E-state index in [1.165, 1.54) is 4.90 Å². The number of aryl methyl sites for hydroxylation is 1. The van der Waals surface area contributed by atoms with E-state index in [1.54, 1.807) is 25.1 Å². The molecule has 1 aromatic carbocycles. The maximum Gasteiger partial charge on any atom is 0.323 e. The highest BCUT2D eigenvalue weighted by atomic mass is 35.5. The van der Waals surface area contributed by atoms with E-state index in [9.17, 15) is 9.59 Å². The number of hydrogen-bond acceptors (Lipinski definition) is 2. The van der Waals surface area contributed by atoms with Crippen LogP contribution in [0.25, 0.3) is 0 Å². The zero-order valence-electron chi connectivity index (χ0n) is 10.2. The van der Waals surface area contributed by atoms with Crippen LogP contribution in [-0.2, 0) is 4.79 Å². The lowest BCUT2D eigenvalue weighted by Crippen LogP contribution is -2.38. The second-order valence-corrected chi connectivity index (χ2v) is 4.23. The van der Waals surface area contributed by atoms with Crippen LogP contribution in [0.1, 0.15) is 12.5 Å². The molecule has 6 heteroatoms. The maximum absolute atomic E-state index is 11.9. The second-order valence-electron chi connectivity index (χ2n) is 3.80. The van der Waals surface area contributed by atoms with Crippen molar-refractivity contribution in [3.63, 3.8) is 0 Å². The molecular weight excluding hydrogens is 256 g/mol. The molecule has 18 heavy (non-hydrogen) atoms. The summed E-state index contributed by atoms with van der Waals surface area (Å²) < 4.78 is 0. The molecule has 0 spiro atoms.